The second-order valence-corrected chi connectivity index (χ2v) is 3.48. The third-order valence-corrected chi connectivity index (χ3v) is 2.17. The lowest BCUT2D eigenvalue weighted by Gasteiger charge is -2.07. The fourth-order valence-corrected chi connectivity index (χ4v) is 1.33. The van der Waals surface area contributed by atoms with Gasteiger partial charge in [0.15, 0.2) is 11.6 Å². The first kappa shape index (κ1) is 11.2. The van der Waals surface area contributed by atoms with Gasteiger partial charge in [0.05, 0.1) is 19.3 Å². The number of ether oxygens (including phenoxy) is 1. The predicted octanol–water partition coefficient (Wildman–Crippen LogP) is 0.413. The zero-order chi connectivity index (χ0) is 12.3. The number of hydrogen-bond donors (Lipinski definition) is 2. The van der Waals surface area contributed by atoms with E-state index in [9.17, 15) is 0 Å². The van der Waals surface area contributed by atoms with Crippen LogP contribution in [0.1, 0.15) is 5.82 Å². The molecule has 0 atom stereocenters. The molecule has 0 aliphatic carbocycles. The van der Waals surface area contributed by atoms with Crippen molar-refractivity contribution < 1.29 is 4.74 Å². The van der Waals surface area contributed by atoms with Crippen LogP contribution in [0.4, 0.5) is 11.5 Å². The molecule has 7 heteroatoms. The summed E-state index contributed by atoms with van der Waals surface area (Å²) in [6.07, 6.45) is 1.64. The largest absolute Gasteiger partial charge is 0.481 e. The van der Waals surface area contributed by atoms with Crippen molar-refractivity contribution in [2.75, 3.05) is 18.2 Å². The van der Waals surface area contributed by atoms with Gasteiger partial charge in [0.2, 0.25) is 5.88 Å². The molecule has 0 amide bonds. The highest BCUT2D eigenvalue weighted by molar-refractivity contribution is 5.61. The summed E-state index contributed by atoms with van der Waals surface area (Å²) in [4.78, 5) is 8.28. The van der Waals surface area contributed by atoms with Crippen LogP contribution >= 0.6 is 0 Å². The molecule has 0 saturated carbocycles. The second kappa shape index (κ2) is 4.69. The molecule has 0 unspecified atom stereocenters. The molecule has 0 aliphatic rings. The molecule has 2 rings (SSSR count). The van der Waals surface area contributed by atoms with E-state index >= 15 is 0 Å². The molecule has 0 saturated heterocycles. The molecule has 17 heavy (non-hydrogen) atoms. The van der Waals surface area contributed by atoms with E-state index in [1.165, 1.54) is 0 Å². The molecular weight excluding hydrogens is 220 g/mol. The Balaban J connectivity index is 2.07. The van der Waals surface area contributed by atoms with Crippen molar-refractivity contribution in [1.29, 1.82) is 0 Å². The highest BCUT2D eigenvalue weighted by Crippen LogP contribution is 2.19. The summed E-state index contributed by atoms with van der Waals surface area (Å²) in [5.74, 6) is 1.75. The number of hydrogen-bond acceptors (Lipinski definition) is 6. The molecule has 3 N–H and O–H groups in total. The number of nitrogen functional groups attached to an aromatic ring is 1. The summed E-state index contributed by atoms with van der Waals surface area (Å²) in [5, 5.41) is 7.20. The molecule has 2 heterocycles. The normalized spacial score (nSPS) is 10.2. The average molecular weight is 234 g/mol. The SMILES string of the molecule is COc1ccc(N)c(NCc2ncn(C)n2)n1. The van der Waals surface area contributed by atoms with Gasteiger partial charge in [-0.05, 0) is 6.07 Å². The number of aryl methyl sites for hydroxylation is 1. The number of rotatable bonds is 4. The van der Waals surface area contributed by atoms with Crippen LogP contribution in [0.5, 0.6) is 5.88 Å². The van der Waals surface area contributed by atoms with Gasteiger partial charge in [-0.2, -0.15) is 10.1 Å². The van der Waals surface area contributed by atoms with E-state index in [4.69, 9.17) is 10.5 Å². The number of nitrogens with zero attached hydrogens (tertiary/aromatic N) is 4. The number of methoxy groups -OCH3 is 1. The molecule has 90 valence electrons. The van der Waals surface area contributed by atoms with Crippen LogP contribution in [0.25, 0.3) is 0 Å². The van der Waals surface area contributed by atoms with Crippen molar-refractivity contribution in [3.05, 3.63) is 24.3 Å². The summed E-state index contributed by atoms with van der Waals surface area (Å²) in [7, 11) is 3.37. The maximum atomic E-state index is 5.79. The van der Waals surface area contributed by atoms with Crippen molar-refractivity contribution in [1.82, 2.24) is 19.7 Å². The highest BCUT2D eigenvalue weighted by Gasteiger charge is 2.04. The molecule has 0 bridgehead atoms. The first-order valence-corrected chi connectivity index (χ1v) is 5.08. The first-order valence-electron chi connectivity index (χ1n) is 5.08. The average Bonchev–Trinajstić information content (AvgIpc) is 2.74. The molecule has 0 spiro atoms. The van der Waals surface area contributed by atoms with Crippen molar-refractivity contribution in [3.63, 3.8) is 0 Å². The lowest BCUT2D eigenvalue weighted by Crippen LogP contribution is -2.06. The lowest BCUT2D eigenvalue weighted by atomic mass is 10.4. The molecule has 2 aromatic heterocycles. The van der Waals surface area contributed by atoms with E-state index in [0.717, 1.165) is 0 Å². The van der Waals surface area contributed by atoms with Crippen LogP contribution in [0.15, 0.2) is 18.5 Å². The Morgan fingerprint density at radius 3 is 2.94 bits per heavy atom. The van der Waals surface area contributed by atoms with Crippen molar-refractivity contribution in [2.24, 2.45) is 7.05 Å². The van der Waals surface area contributed by atoms with Gasteiger partial charge in [-0.25, -0.2) is 4.98 Å². The van der Waals surface area contributed by atoms with E-state index in [0.29, 0.717) is 29.8 Å². The van der Waals surface area contributed by atoms with Crippen LogP contribution in [-0.4, -0.2) is 26.9 Å². The summed E-state index contributed by atoms with van der Waals surface area (Å²) >= 11 is 0. The topological polar surface area (TPSA) is 90.9 Å². The summed E-state index contributed by atoms with van der Waals surface area (Å²) in [6.45, 7) is 0.463. The van der Waals surface area contributed by atoms with Crippen molar-refractivity contribution in [3.8, 4) is 5.88 Å². The molecule has 0 aliphatic heterocycles. The van der Waals surface area contributed by atoms with Crippen LogP contribution in [0, 0.1) is 0 Å². The zero-order valence-electron chi connectivity index (χ0n) is 9.71. The van der Waals surface area contributed by atoms with Crippen LogP contribution in [-0.2, 0) is 13.6 Å². The molecule has 0 radical (unpaired) electrons. The maximum absolute atomic E-state index is 5.79. The maximum Gasteiger partial charge on any atom is 0.215 e. The third kappa shape index (κ3) is 2.63. The number of pyridine rings is 1. The quantitative estimate of drug-likeness (QED) is 0.796. The fraction of sp³-hybridized carbons (Fsp3) is 0.300. The van der Waals surface area contributed by atoms with Crippen LogP contribution < -0.4 is 15.8 Å². The minimum absolute atomic E-state index is 0.463. The zero-order valence-corrected chi connectivity index (χ0v) is 9.71. The Kier molecular flexibility index (Phi) is 3.08. The van der Waals surface area contributed by atoms with E-state index in [1.54, 1.807) is 30.3 Å². The Labute approximate surface area is 98.6 Å². The minimum Gasteiger partial charge on any atom is -0.481 e. The van der Waals surface area contributed by atoms with Gasteiger partial charge in [0.1, 0.15) is 6.33 Å². The van der Waals surface area contributed by atoms with E-state index in [1.807, 2.05) is 7.05 Å². The monoisotopic (exact) mass is 234 g/mol. The third-order valence-electron chi connectivity index (χ3n) is 2.17. The Morgan fingerprint density at radius 1 is 1.47 bits per heavy atom. The van der Waals surface area contributed by atoms with E-state index in [-0.39, 0.29) is 0 Å². The van der Waals surface area contributed by atoms with E-state index in [2.05, 4.69) is 20.4 Å². The van der Waals surface area contributed by atoms with Gasteiger partial charge in [-0.3, -0.25) is 4.68 Å². The Bertz CT molecular complexity index is 509. The van der Waals surface area contributed by atoms with E-state index < -0.39 is 0 Å². The number of nitrogens with two attached hydrogens (primary N) is 1. The fourth-order valence-electron chi connectivity index (χ4n) is 1.33. The smallest absolute Gasteiger partial charge is 0.215 e. The van der Waals surface area contributed by atoms with Gasteiger partial charge < -0.3 is 15.8 Å². The van der Waals surface area contributed by atoms with Gasteiger partial charge in [-0.15, -0.1) is 0 Å². The summed E-state index contributed by atoms with van der Waals surface area (Å²) in [5.41, 5.74) is 6.34. The molecule has 7 nitrogen and oxygen atoms in total. The number of anilines is 2. The number of aromatic nitrogens is 4. The highest BCUT2D eigenvalue weighted by atomic mass is 16.5. The molecule has 2 aromatic rings. The van der Waals surface area contributed by atoms with Crippen molar-refractivity contribution >= 4 is 11.5 Å². The van der Waals surface area contributed by atoms with Crippen molar-refractivity contribution in [2.45, 2.75) is 6.54 Å². The van der Waals surface area contributed by atoms with Crippen LogP contribution in [0.3, 0.4) is 0 Å². The lowest BCUT2D eigenvalue weighted by molar-refractivity contribution is 0.398. The summed E-state index contributed by atoms with van der Waals surface area (Å²) < 4.78 is 6.66. The molecular formula is C10H14N6O. The Morgan fingerprint density at radius 2 is 2.29 bits per heavy atom. The predicted molar refractivity (Wildman–Crippen MR) is 63.5 cm³/mol. The Hall–Kier alpha value is -2.31. The molecule has 0 aromatic carbocycles. The van der Waals surface area contributed by atoms with Gasteiger partial charge in [-0.1, -0.05) is 0 Å². The minimum atomic E-state index is 0.463. The second-order valence-electron chi connectivity index (χ2n) is 3.48. The van der Waals surface area contributed by atoms with Crippen LogP contribution in [0.2, 0.25) is 0 Å². The number of nitrogens with one attached hydrogen (secondary N) is 1. The summed E-state index contributed by atoms with van der Waals surface area (Å²) in [6, 6.07) is 3.44. The first-order chi connectivity index (χ1) is 8.19. The van der Waals surface area contributed by atoms with Gasteiger partial charge >= 0.3 is 0 Å². The van der Waals surface area contributed by atoms with Gasteiger partial charge in [0.25, 0.3) is 0 Å². The van der Waals surface area contributed by atoms with Gasteiger partial charge in [0, 0.05) is 13.1 Å². The molecule has 0 fully saturated rings. The standard InChI is InChI=1S/C10H14N6O/c1-16-6-13-8(15-16)5-12-10-7(11)3-4-9(14-10)17-2/h3-4,6H,5,11H2,1-2H3,(H,12,14).